The van der Waals surface area contributed by atoms with Gasteiger partial charge in [0, 0.05) is 44.1 Å². The van der Waals surface area contributed by atoms with E-state index < -0.39 is 0 Å². The van der Waals surface area contributed by atoms with E-state index in [1.807, 2.05) is 0 Å². The van der Waals surface area contributed by atoms with Crippen molar-refractivity contribution in [3.63, 3.8) is 0 Å². The highest BCUT2D eigenvalue weighted by atomic mass is 16.1. The first-order valence-electron chi connectivity index (χ1n) is 7.85. The quantitative estimate of drug-likeness (QED) is 0.852. The molecule has 1 aliphatic heterocycles. The predicted molar refractivity (Wildman–Crippen MR) is 80.2 cm³/mol. The van der Waals surface area contributed by atoms with Crippen LogP contribution in [-0.2, 0) is 6.54 Å². The highest BCUT2D eigenvalue weighted by Gasteiger charge is 2.30. The molecular weight excluding hydrogens is 252 g/mol. The molecule has 0 spiro atoms. The molecule has 1 aromatic rings. The number of rotatable bonds is 6. The molecule has 1 N–H and O–H groups in total. The summed E-state index contributed by atoms with van der Waals surface area (Å²) in [7, 11) is 0. The van der Waals surface area contributed by atoms with Crippen molar-refractivity contribution in [2.75, 3.05) is 18.0 Å². The average Bonchev–Trinajstić information content (AvgIpc) is 3.17. The summed E-state index contributed by atoms with van der Waals surface area (Å²) >= 11 is 0. The van der Waals surface area contributed by atoms with Gasteiger partial charge in [-0.3, -0.25) is 4.79 Å². The Hall–Kier alpha value is -1.36. The first-order chi connectivity index (χ1) is 9.79. The summed E-state index contributed by atoms with van der Waals surface area (Å²) in [5.74, 6) is 0.640. The number of anilines is 1. The van der Waals surface area contributed by atoms with Crippen molar-refractivity contribution >= 4 is 5.82 Å². The molecule has 1 aromatic heterocycles. The fourth-order valence-electron chi connectivity index (χ4n) is 2.97. The maximum Gasteiger partial charge on any atom is 0.293 e. The minimum Gasteiger partial charge on any atom is -0.348 e. The van der Waals surface area contributed by atoms with Crippen molar-refractivity contribution in [1.82, 2.24) is 14.9 Å². The number of aromatic nitrogens is 2. The number of hydrogen-bond donors (Lipinski definition) is 1. The summed E-state index contributed by atoms with van der Waals surface area (Å²) in [6.07, 6.45) is 9.44. The summed E-state index contributed by atoms with van der Waals surface area (Å²) in [6.45, 7) is 4.79. The molecule has 1 saturated heterocycles. The Bertz CT molecular complexity index is 509. The van der Waals surface area contributed by atoms with Gasteiger partial charge in [-0.15, -0.1) is 0 Å². The molecular formula is C15H24N4O. The lowest BCUT2D eigenvalue weighted by Gasteiger charge is -2.25. The summed E-state index contributed by atoms with van der Waals surface area (Å²) in [5, 5.41) is 3.58. The van der Waals surface area contributed by atoms with E-state index >= 15 is 0 Å². The maximum atomic E-state index is 12.5. The summed E-state index contributed by atoms with van der Waals surface area (Å²) in [5.41, 5.74) is 0.0627. The molecule has 5 heteroatoms. The molecule has 110 valence electrons. The van der Waals surface area contributed by atoms with Gasteiger partial charge in [0.25, 0.3) is 5.56 Å². The van der Waals surface area contributed by atoms with E-state index in [9.17, 15) is 4.79 Å². The standard InChI is InChI=1S/C15H24N4O/c1-2-8-18-10-7-16-14(15(18)20)19-9-3-4-13(19)11-17-12-5-6-12/h7,10,12-13,17H,2-6,8-9,11H2,1H3. The fourth-order valence-corrected chi connectivity index (χ4v) is 2.97. The monoisotopic (exact) mass is 276 g/mol. The second-order valence-corrected chi connectivity index (χ2v) is 5.92. The van der Waals surface area contributed by atoms with Crippen molar-refractivity contribution in [2.24, 2.45) is 0 Å². The van der Waals surface area contributed by atoms with Crippen LogP contribution >= 0.6 is 0 Å². The molecule has 0 radical (unpaired) electrons. The van der Waals surface area contributed by atoms with Gasteiger partial charge in [-0.25, -0.2) is 4.98 Å². The van der Waals surface area contributed by atoms with Crippen LogP contribution in [0, 0.1) is 0 Å². The SMILES string of the molecule is CCCn1ccnc(N2CCCC2CNC2CC2)c1=O. The molecule has 2 fully saturated rings. The van der Waals surface area contributed by atoms with Gasteiger partial charge in [-0.05, 0) is 32.1 Å². The number of nitrogens with one attached hydrogen (secondary N) is 1. The Labute approximate surface area is 120 Å². The Morgan fingerprint density at radius 1 is 1.40 bits per heavy atom. The summed E-state index contributed by atoms with van der Waals surface area (Å²) < 4.78 is 1.78. The summed E-state index contributed by atoms with van der Waals surface area (Å²) in [4.78, 5) is 19.1. The van der Waals surface area contributed by atoms with Crippen molar-refractivity contribution in [2.45, 2.75) is 57.7 Å². The van der Waals surface area contributed by atoms with Gasteiger partial charge in [-0.2, -0.15) is 0 Å². The van der Waals surface area contributed by atoms with Crippen LogP contribution < -0.4 is 15.8 Å². The predicted octanol–water partition coefficient (Wildman–Crippen LogP) is 1.37. The van der Waals surface area contributed by atoms with Crippen LogP contribution in [0.5, 0.6) is 0 Å². The van der Waals surface area contributed by atoms with Crippen LogP contribution in [0.1, 0.15) is 39.0 Å². The van der Waals surface area contributed by atoms with Gasteiger partial charge in [-0.1, -0.05) is 6.92 Å². The van der Waals surface area contributed by atoms with E-state index in [1.54, 1.807) is 17.0 Å². The van der Waals surface area contributed by atoms with E-state index in [4.69, 9.17) is 0 Å². The summed E-state index contributed by atoms with van der Waals surface area (Å²) in [6, 6.07) is 1.14. The van der Waals surface area contributed by atoms with Crippen LogP contribution in [0.3, 0.4) is 0 Å². The number of aryl methyl sites for hydroxylation is 1. The van der Waals surface area contributed by atoms with Gasteiger partial charge in [0.05, 0.1) is 0 Å². The molecule has 0 amide bonds. The fraction of sp³-hybridized carbons (Fsp3) is 0.733. The highest BCUT2D eigenvalue weighted by Crippen LogP contribution is 2.23. The Balaban J connectivity index is 1.76. The molecule has 1 unspecified atom stereocenters. The van der Waals surface area contributed by atoms with Gasteiger partial charge in [0.2, 0.25) is 0 Å². The van der Waals surface area contributed by atoms with Crippen LogP contribution in [0.4, 0.5) is 5.82 Å². The maximum absolute atomic E-state index is 12.5. The van der Waals surface area contributed by atoms with Crippen LogP contribution in [0.15, 0.2) is 17.2 Å². The van der Waals surface area contributed by atoms with Crippen molar-refractivity contribution in [3.05, 3.63) is 22.7 Å². The van der Waals surface area contributed by atoms with E-state index in [2.05, 4.69) is 22.1 Å². The molecule has 2 aliphatic rings. The molecule has 2 heterocycles. The molecule has 0 bridgehead atoms. The van der Waals surface area contributed by atoms with Gasteiger partial charge in [0.15, 0.2) is 5.82 Å². The largest absolute Gasteiger partial charge is 0.348 e. The van der Waals surface area contributed by atoms with Crippen LogP contribution in [0.2, 0.25) is 0 Å². The highest BCUT2D eigenvalue weighted by molar-refractivity contribution is 5.39. The molecule has 0 aromatic carbocycles. The van der Waals surface area contributed by atoms with Gasteiger partial charge in [0.1, 0.15) is 0 Å². The Morgan fingerprint density at radius 3 is 3.00 bits per heavy atom. The van der Waals surface area contributed by atoms with Crippen molar-refractivity contribution < 1.29 is 0 Å². The average molecular weight is 276 g/mol. The lowest BCUT2D eigenvalue weighted by molar-refractivity contribution is 0.563. The topological polar surface area (TPSA) is 50.2 Å². The van der Waals surface area contributed by atoms with E-state index in [-0.39, 0.29) is 5.56 Å². The third kappa shape index (κ3) is 2.87. The van der Waals surface area contributed by atoms with E-state index in [1.165, 1.54) is 12.8 Å². The van der Waals surface area contributed by atoms with Gasteiger partial charge < -0.3 is 14.8 Å². The minimum atomic E-state index is 0.0627. The van der Waals surface area contributed by atoms with Crippen LogP contribution in [0.25, 0.3) is 0 Å². The molecule has 1 aliphatic carbocycles. The zero-order valence-electron chi connectivity index (χ0n) is 12.2. The van der Waals surface area contributed by atoms with Crippen LogP contribution in [-0.4, -0.2) is 34.7 Å². The normalized spacial score (nSPS) is 22.4. The number of nitrogens with zero attached hydrogens (tertiary/aromatic N) is 3. The van der Waals surface area contributed by atoms with E-state index in [0.717, 1.165) is 44.9 Å². The minimum absolute atomic E-state index is 0.0627. The Kier molecular flexibility index (Phi) is 4.05. The zero-order chi connectivity index (χ0) is 13.9. The number of hydrogen-bond acceptors (Lipinski definition) is 4. The molecule has 1 saturated carbocycles. The molecule has 3 rings (SSSR count). The smallest absolute Gasteiger partial charge is 0.293 e. The van der Waals surface area contributed by atoms with Gasteiger partial charge >= 0.3 is 0 Å². The lowest BCUT2D eigenvalue weighted by atomic mass is 10.2. The zero-order valence-corrected chi connectivity index (χ0v) is 12.2. The first kappa shape index (κ1) is 13.6. The van der Waals surface area contributed by atoms with Crippen molar-refractivity contribution in [3.8, 4) is 0 Å². The molecule has 1 atom stereocenters. The van der Waals surface area contributed by atoms with E-state index in [0.29, 0.717) is 11.9 Å². The van der Waals surface area contributed by atoms with Crippen molar-refractivity contribution in [1.29, 1.82) is 0 Å². The third-order valence-corrected chi connectivity index (χ3v) is 4.23. The third-order valence-electron chi connectivity index (χ3n) is 4.23. The molecule has 5 nitrogen and oxygen atoms in total. The second-order valence-electron chi connectivity index (χ2n) is 5.92. The lowest BCUT2D eigenvalue weighted by Crippen LogP contribution is -2.42. The first-order valence-corrected chi connectivity index (χ1v) is 7.85. The second kappa shape index (κ2) is 5.95. The molecule has 20 heavy (non-hydrogen) atoms. The Morgan fingerprint density at radius 2 is 2.25 bits per heavy atom.